The summed E-state index contributed by atoms with van der Waals surface area (Å²) in [5.41, 5.74) is 3.52. The highest BCUT2D eigenvalue weighted by atomic mass is 35.5. The van der Waals surface area contributed by atoms with Gasteiger partial charge in [0.05, 0.1) is 24.8 Å². The van der Waals surface area contributed by atoms with Crippen LogP contribution in [0.4, 0.5) is 5.69 Å². The quantitative estimate of drug-likeness (QED) is 0.201. The van der Waals surface area contributed by atoms with Crippen molar-refractivity contribution in [2.24, 2.45) is 0 Å². The largest absolute Gasteiger partial charge is 0.493 e. The molecule has 0 saturated heterocycles. The van der Waals surface area contributed by atoms with Crippen LogP contribution in [0.2, 0.25) is 5.02 Å². The van der Waals surface area contributed by atoms with Gasteiger partial charge in [-0.2, -0.15) is 0 Å². The third kappa shape index (κ3) is 8.18. The molecule has 242 valence electrons. The molecule has 0 spiro atoms. The second-order valence-electron chi connectivity index (χ2n) is 10.8. The molecule has 0 fully saturated rings. The highest BCUT2D eigenvalue weighted by molar-refractivity contribution is 7.92. The van der Waals surface area contributed by atoms with Gasteiger partial charge in [-0.05, 0) is 72.5 Å². The molecule has 2 amide bonds. The predicted octanol–water partition coefficient (Wildman–Crippen LogP) is 5.56. The van der Waals surface area contributed by atoms with E-state index in [1.165, 1.54) is 44.4 Å². The molecule has 0 radical (unpaired) electrons. The van der Waals surface area contributed by atoms with Crippen molar-refractivity contribution in [1.29, 1.82) is 0 Å². The summed E-state index contributed by atoms with van der Waals surface area (Å²) in [5.74, 6) is -0.365. The first-order valence-electron chi connectivity index (χ1n) is 14.6. The molecule has 0 aliphatic rings. The van der Waals surface area contributed by atoms with Gasteiger partial charge in [-0.1, -0.05) is 60.1 Å². The molecule has 0 heterocycles. The zero-order chi connectivity index (χ0) is 33.4. The lowest BCUT2D eigenvalue weighted by molar-refractivity contribution is -0.139. The van der Waals surface area contributed by atoms with E-state index in [2.05, 4.69) is 5.32 Å². The summed E-state index contributed by atoms with van der Waals surface area (Å²) >= 11 is 6.13. The van der Waals surface area contributed by atoms with Crippen LogP contribution in [-0.4, -0.2) is 59.0 Å². The summed E-state index contributed by atoms with van der Waals surface area (Å²) in [4.78, 5) is 29.2. The smallest absolute Gasteiger partial charge is 0.264 e. The molecule has 0 aromatic heterocycles. The lowest BCUT2D eigenvalue weighted by atomic mass is 10.0. The van der Waals surface area contributed by atoms with Crippen LogP contribution >= 0.6 is 11.6 Å². The Balaban J connectivity index is 1.83. The molecule has 9 nitrogen and oxygen atoms in total. The Morgan fingerprint density at radius 2 is 1.46 bits per heavy atom. The van der Waals surface area contributed by atoms with E-state index in [4.69, 9.17) is 21.1 Å². The highest BCUT2D eigenvalue weighted by Gasteiger charge is 2.35. The highest BCUT2D eigenvalue weighted by Crippen LogP contribution is 2.33. The number of aryl methyl sites for hydroxylation is 2. The number of methoxy groups -OCH3 is 2. The number of amides is 2. The zero-order valence-corrected chi connectivity index (χ0v) is 28.1. The van der Waals surface area contributed by atoms with Crippen molar-refractivity contribution in [3.05, 3.63) is 118 Å². The summed E-state index contributed by atoms with van der Waals surface area (Å²) in [7, 11) is 0.0530. The van der Waals surface area contributed by atoms with E-state index < -0.39 is 28.5 Å². The number of nitrogens with zero attached hydrogens (tertiary/aromatic N) is 2. The lowest BCUT2D eigenvalue weighted by Crippen LogP contribution is -2.53. The second kappa shape index (κ2) is 15.2. The molecule has 0 aliphatic carbocycles. The molecule has 4 aromatic carbocycles. The summed E-state index contributed by atoms with van der Waals surface area (Å²) in [5, 5.41) is 3.21. The minimum Gasteiger partial charge on any atom is -0.493 e. The van der Waals surface area contributed by atoms with E-state index in [0.29, 0.717) is 16.5 Å². The molecule has 1 N–H and O–H groups in total. The monoisotopic (exact) mass is 663 g/mol. The minimum atomic E-state index is -4.33. The van der Waals surface area contributed by atoms with Gasteiger partial charge in [0.1, 0.15) is 12.6 Å². The van der Waals surface area contributed by atoms with E-state index in [9.17, 15) is 18.0 Å². The van der Waals surface area contributed by atoms with Crippen LogP contribution in [0.25, 0.3) is 0 Å². The molecule has 0 saturated carbocycles. The van der Waals surface area contributed by atoms with E-state index in [0.717, 1.165) is 26.6 Å². The Morgan fingerprint density at radius 3 is 2.04 bits per heavy atom. The SMILES string of the molecule is CNC(=O)[C@H](Cc1ccccc1)N(Cc1ccc(Cl)cc1)C(=O)CN(c1cc(C)cc(C)c1)S(=O)(=O)c1ccc(OC)c(OC)c1. The summed E-state index contributed by atoms with van der Waals surface area (Å²) in [6, 6.07) is 25.0. The first-order chi connectivity index (χ1) is 22.0. The first kappa shape index (κ1) is 34.3. The lowest BCUT2D eigenvalue weighted by Gasteiger charge is -2.33. The molecule has 0 bridgehead atoms. The molecule has 46 heavy (non-hydrogen) atoms. The summed E-state index contributed by atoms with van der Waals surface area (Å²) in [6.07, 6.45) is 0.214. The molecule has 4 rings (SSSR count). The number of rotatable bonds is 13. The number of ether oxygens (including phenoxy) is 2. The maximum absolute atomic E-state index is 14.5. The van der Waals surface area contributed by atoms with E-state index >= 15 is 0 Å². The third-order valence-corrected chi connectivity index (χ3v) is 9.52. The van der Waals surface area contributed by atoms with E-state index in [1.54, 1.807) is 36.4 Å². The van der Waals surface area contributed by atoms with Gasteiger partial charge in [0.15, 0.2) is 11.5 Å². The Bertz CT molecular complexity index is 1760. The van der Waals surface area contributed by atoms with Crippen LogP contribution in [0, 0.1) is 13.8 Å². The third-order valence-electron chi connectivity index (χ3n) is 7.50. The van der Waals surface area contributed by atoms with Gasteiger partial charge in [-0.3, -0.25) is 13.9 Å². The zero-order valence-electron chi connectivity index (χ0n) is 26.5. The van der Waals surface area contributed by atoms with E-state index in [1.807, 2.05) is 50.2 Å². The van der Waals surface area contributed by atoms with Gasteiger partial charge in [0, 0.05) is 31.1 Å². The van der Waals surface area contributed by atoms with Crippen LogP contribution in [0.1, 0.15) is 22.3 Å². The number of anilines is 1. The number of sulfonamides is 1. The number of carbonyl (C=O) groups is 2. The van der Waals surface area contributed by atoms with Crippen molar-refractivity contribution in [2.75, 3.05) is 32.1 Å². The van der Waals surface area contributed by atoms with Crippen LogP contribution in [0.3, 0.4) is 0 Å². The average Bonchev–Trinajstić information content (AvgIpc) is 3.05. The number of halogens is 1. The fourth-order valence-corrected chi connectivity index (χ4v) is 6.77. The number of benzene rings is 4. The standard InChI is InChI=1S/C35H38ClN3O6S/c1-24-17-25(2)19-29(18-24)39(46(42,43)30-15-16-32(44-4)33(21-30)45-5)23-34(40)38(22-27-11-13-28(36)14-12-27)31(35(41)37-3)20-26-9-7-6-8-10-26/h6-19,21,31H,20,22-23H2,1-5H3,(H,37,41)/t31-/m0/s1. The molecule has 4 aromatic rings. The van der Waals surface area contributed by atoms with E-state index in [-0.39, 0.29) is 29.5 Å². The van der Waals surface area contributed by atoms with Gasteiger partial charge in [-0.15, -0.1) is 0 Å². The Hall–Kier alpha value is -4.54. The molecule has 0 unspecified atom stereocenters. The molecule has 0 aliphatic heterocycles. The van der Waals surface area contributed by atoms with Crippen molar-refractivity contribution >= 4 is 39.1 Å². The van der Waals surface area contributed by atoms with Crippen molar-refractivity contribution in [2.45, 2.75) is 37.8 Å². The Labute approximate surface area is 275 Å². The van der Waals surface area contributed by atoms with Crippen LogP contribution in [0.15, 0.2) is 95.9 Å². The van der Waals surface area contributed by atoms with Crippen molar-refractivity contribution in [3.8, 4) is 11.5 Å². The Kier molecular flexibility index (Phi) is 11.3. The number of carbonyl (C=O) groups excluding carboxylic acids is 2. The van der Waals surface area contributed by atoms with Crippen molar-refractivity contribution < 1.29 is 27.5 Å². The maximum Gasteiger partial charge on any atom is 0.264 e. The predicted molar refractivity (Wildman–Crippen MR) is 180 cm³/mol. The number of hydrogen-bond donors (Lipinski definition) is 1. The van der Waals surface area contributed by atoms with Crippen LogP contribution < -0.4 is 19.1 Å². The van der Waals surface area contributed by atoms with Crippen molar-refractivity contribution in [3.63, 3.8) is 0 Å². The fourth-order valence-electron chi connectivity index (χ4n) is 5.23. The maximum atomic E-state index is 14.5. The Morgan fingerprint density at radius 1 is 0.826 bits per heavy atom. The first-order valence-corrected chi connectivity index (χ1v) is 16.4. The topological polar surface area (TPSA) is 105 Å². The number of nitrogens with one attached hydrogen (secondary N) is 1. The van der Waals surface area contributed by atoms with Gasteiger partial charge in [-0.25, -0.2) is 8.42 Å². The van der Waals surface area contributed by atoms with Gasteiger partial charge >= 0.3 is 0 Å². The molecule has 11 heteroatoms. The summed E-state index contributed by atoms with van der Waals surface area (Å²) in [6.45, 7) is 3.18. The second-order valence-corrected chi connectivity index (χ2v) is 13.1. The van der Waals surface area contributed by atoms with Gasteiger partial charge < -0.3 is 19.7 Å². The fraction of sp³-hybridized carbons (Fsp3) is 0.257. The van der Waals surface area contributed by atoms with Crippen molar-refractivity contribution in [1.82, 2.24) is 10.2 Å². The molecule has 1 atom stereocenters. The van der Waals surface area contributed by atoms with Gasteiger partial charge in [0.25, 0.3) is 10.0 Å². The average molecular weight is 664 g/mol. The molecular formula is C35H38ClN3O6S. The molecular weight excluding hydrogens is 626 g/mol. The number of likely N-dealkylation sites (N-methyl/N-ethyl adjacent to an activating group) is 1. The normalized spacial score (nSPS) is 11.8. The van der Waals surface area contributed by atoms with Crippen LogP contribution in [-0.2, 0) is 32.6 Å². The van der Waals surface area contributed by atoms with Crippen LogP contribution in [0.5, 0.6) is 11.5 Å². The number of hydrogen-bond acceptors (Lipinski definition) is 6. The summed E-state index contributed by atoms with van der Waals surface area (Å²) < 4.78 is 40.6. The van der Waals surface area contributed by atoms with Gasteiger partial charge in [0.2, 0.25) is 11.8 Å². The minimum absolute atomic E-state index is 0.0397.